The lowest BCUT2D eigenvalue weighted by molar-refractivity contribution is 0.624. The molecular weight excluding hydrogens is 428 g/mol. The van der Waals surface area contributed by atoms with Gasteiger partial charge in [-0.05, 0) is 89.3 Å². The summed E-state index contributed by atoms with van der Waals surface area (Å²) < 4.78 is 33.6. The fourth-order valence-corrected chi connectivity index (χ4v) is 4.22. The van der Waals surface area contributed by atoms with Crippen molar-refractivity contribution in [3.05, 3.63) is 88.0 Å². The third-order valence-electron chi connectivity index (χ3n) is 3.12. The first-order valence-electron chi connectivity index (χ1n) is 6.86. The normalized spacial score (nSPS) is 10.8. The van der Waals surface area contributed by atoms with E-state index < -0.39 is 8.15 Å². The van der Waals surface area contributed by atoms with Gasteiger partial charge in [-0.2, -0.15) is 0 Å². The van der Waals surface area contributed by atoms with E-state index in [0.29, 0.717) is 0 Å². The molecule has 3 aromatic carbocycles. The van der Waals surface area contributed by atoms with Crippen LogP contribution >= 0.6 is 30.7 Å². The number of halogens is 3. The highest BCUT2D eigenvalue weighted by Crippen LogP contribution is 2.37. The maximum atomic E-state index is 13.2. The van der Waals surface area contributed by atoms with Gasteiger partial charge in [0.15, 0.2) is 8.15 Å². The summed E-state index contributed by atoms with van der Waals surface area (Å²) in [5.74, 6) is 0.144. The van der Waals surface area contributed by atoms with E-state index in [9.17, 15) is 8.78 Å². The van der Waals surface area contributed by atoms with Crippen molar-refractivity contribution in [2.45, 2.75) is 0 Å². The molecule has 0 aliphatic heterocycles. The Morgan fingerprint density at radius 1 is 0.739 bits per heavy atom. The second kappa shape index (κ2) is 7.37. The lowest BCUT2D eigenvalue weighted by Crippen LogP contribution is -2.16. The van der Waals surface area contributed by atoms with Crippen LogP contribution in [0.1, 0.15) is 0 Å². The molecule has 0 N–H and O–H groups in total. The first kappa shape index (κ1) is 16.3. The molecule has 3 rings (SSSR count). The number of rotatable bonds is 4. The molecule has 116 valence electrons. The van der Waals surface area contributed by atoms with Gasteiger partial charge >= 0.3 is 0 Å². The van der Waals surface area contributed by atoms with Crippen molar-refractivity contribution in [2.75, 3.05) is 0 Å². The number of hydrogen-bond acceptors (Lipinski definition) is 1. The van der Waals surface area contributed by atoms with Crippen LogP contribution in [-0.4, -0.2) is 0 Å². The largest absolute Gasteiger partial charge is 0.464 e. The summed E-state index contributed by atoms with van der Waals surface area (Å²) in [6, 6.07) is 20.2. The molecule has 0 spiro atoms. The molecule has 0 fully saturated rings. The summed E-state index contributed by atoms with van der Waals surface area (Å²) in [4.78, 5) is 0. The van der Waals surface area contributed by atoms with E-state index in [4.69, 9.17) is 4.52 Å². The second-order valence-corrected chi connectivity index (χ2v) is 7.85. The molecule has 0 aromatic heterocycles. The zero-order valence-corrected chi connectivity index (χ0v) is 15.0. The summed E-state index contributed by atoms with van der Waals surface area (Å²) in [6.45, 7) is 0. The van der Waals surface area contributed by atoms with Gasteiger partial charge in [0.1, 0.15) is 17.4 Å². The maximum Gasteiger partial charge on any atom is 0.150 e. The van der Waals surface area contributed by atoms with Crippen LogP contribution in [0.25, 0.3) is 0 Å². The third-order valence-corrected chi connectivity index (χ3v) is 5.71. The van der Waals surface area contributed by atoms with Gasteiger partial charge < -0.3 is 4.52 Å². The molecule has 0 saturated heterocycles. The molecule has 0 aliphatic carbocycles. The Hall–Kier alpha value is -1.52. The van der Waals surface area contributed by atoms with Crippen molar-refractivity contribution in [3.8, 4) is 5.75 Å². The Bertz CT molecular complexity index is 745. The SMILES string of the molecule is Fc1ccc(P(Oc2cccc(I)c2)c2ccc(F)cc2)cc1. The minimum Gasteiger partial charge on any atom is -0.464 e. The Balaban J connectivity index is 1.98. The van der Waals surface area contributed by atoms with E-state index in [0.717, 1.165) is 19.9 Å². The van der Waals surface area contributed by atoms with Crippen LogP contribution in [-0.2, 0) is 0 Å². The number of hydrogen-bond donors (Lipinski definition) is 0. The molecule has 0 radical (unpaired) electrons. The van der Waals surface area contributed by atoms with Crippen LogP contribution < -0.4 is 15.1 Å². The highest BCUT2D eigenvalue weighted by Gasteiger charge is 2.17. The second-order valence-electron chi connectivity index (χ2n) is 4.80. The Morgan fingerprint density at radius 3 is 1.74 bits per heavy atom. The molecule has 1 nitrogen and oxygen atoms in total. The highest BCUT2D eigenvalue weighted by atomic mass is 127. The molecule has 0 atom stereocenters. The van der Waals surface area contributed by atoms with Crippen molar-refractivity contribution in [2.24, 2.45) is 0 Å². The number of benzene rings is 3. The fourth-order valence-electron chi connectivity index (χ4n) is 2.04. The quantitative estimate of drug-likeness (QED) is 0.410. The summed E-state index contributed by atoms with van der Waals surface area (Å²) in [5, 5.41) is 1.73. The third kappa shape index (κ3) is 4.27. The predicted molar refractivity (Wildman–Crippen MR) is 98.8 cm³/mol. The van der Waals surface area contributed by atoms with Gasteiger partial charge in [0.2, 0.25) is 0 Å². The van der Waals surface area contributed by atoms with Crippen molar-refractivity contribution in [3.63, 3.8) is 0 Å². The van der Waals surface area contributed by atoms with Crippen LogP contribution in [0.5, 0.6) is 5.75 Å². The summed E-state index contributed by atoms with van der Waals surface area (Å²) >= 11 is 2.22. The van der Waals surface area contributed by atoms with Gasteiger partial charge in [-0.3, -0.25) is 0 Å². The molecule has 0 bridgehead atoms. The van der Waals surface area contributed by atoms with Crippen LogP contribution in [0.15, 0.2) is 72.8 Å². The first-order chi connectivity index (χ1) is 11.1. The minimum absolute atomic E-state index is 0.294. The van der Waals surface area contributed by atoms with Crippen LogP contribution in [0, 0.1) is 15.2 Å². The molecule has 0 unspecified atom stereocenters. The van der Waals surface area contributed by atoms with E-state index in [1.54, 1.807) is 24.3 Å². The molecule has 0 amide bonds. The molecule has 5 heteroatoms. The first-order valence-corrected chi connectivity index (χ1v) is 9.20. The molecular formula is C18H12F2IOP. The van der Waals surface area contributed by atoms with E-state index in [-0.39, 0.29) is 11.6 Å². The zero-order valence-electron chi connectivity index (χ0n) is 11.9. The molecule has 0 aliphatic rings. The highest BCUT2D eigenvalue weighted by molar-refractivity contribution is 14.1. The molecule has 0 heterocycles. The molecule has 0 saturated carbocycles. The van der Waals surface area contributed by atoms with Gasteiger partial charge in [0.25, 0.3) is 0 Å². The van der Waals surface area contributed by atoms with Crippen molar-refractivity contribution in [1.82, 2.24) is 0 Å². The van der Waals surface area contributed by atoms with Gasteiger partial charge in [-0.15, -0.1) is 0 Å². The van der Waals surface area contributed by atoms with E-state index in [1.165, 1.54) is 24.3 Å². The zero-order chi connectivity index (χ0) is 16.2. The van der Waals surface area contributed by atoms with Gasteiger partial charge in [0, 0.05) is 14.2 Å². The lowest BCUT2D eigenvalue weighted by atomic mass is 10.3. The van der Waals surface area contributed by atoms with Crippen molar-refractivity contribution < 1.29 is 13.3 Å². The van der Waals surface area contributed by atoms with Gasteiger partial charge in [-0.25, -0.2) is 8.78 Å². The topological polar surface area (TPSA) is 9.23 Å². The van der Waals surface area contributed by atoms with E-state index in [1.807, 2.05) is 24.3 Å². The van der Waals surface area contributed by atoms with E-state index >= 15 is 0 Å². The van der Waals surface area contributed by atoms with Crippen LogP contribution in [0.2, 0.25) is 0 Å². The Kier molecular flexibility index (Phi) is 5.23. The standard InChI is InChI=1S/C18H12F2IOP/c19-13-4-8-17(9-5-13)23(18-10-6-14(20)7-11-18)22-16-3-1-2-15(21)12-16/h1-12H. The Labute approximate surface area is 148 Å². The van der Waals surface area contributed by atoms with Crippen LogP contribution in [0.3, 0.4) is 0 Å². The summed E-state index contributed by atoms with van der Waals surface area (Å²) in [5.41, 5.74) is 0. The lowest BCUT2D eigenvalue weighted by Gasteiger charge is -2.19. The minimum atomic E-state index is -1.20. The van der Waals surface area contributed by atoms with Crippen LogP contribution in [0.4, 0.5) is 8.78 Å². The Morgan fingerprint density at radius 2 is 1.26 bits per heavy atom. The average Bonchev–Trinajstić information content (AvgIpc) is 2.55. The summed E-state index contributed by atoms with van der Waals surface area (Å²) in [7, 11) is -1.20. The van der Waals surface area contributed by atoms with Gasteiger partial charge in [0.05, 0.1) is 0 Å². The van der Waals surface area contributed by atoms with Crippen molar-refractivity contribution >= 4 is 41.3 Å². The monoisotopic (exact) mass is 440 g/mol. The molecule has 3 aromatic rings. The molecule has 23 heavy (non-hydrogen) atoms. The summed E-state index contributed by atoms with van der Waals surface area (Å²) in [6.07, 6.45) is 0. The smallest absolute Gasteiger partial charge is 0.150 e. The van der Waals surface area contributed by atoms with E-state index in [2.05, 4.69) is 22.6 Å². The average molecular weight is 440 g/mol. The predicted octanol–water partition coefficient (Wildman–Crippen LogP) is 5.00. The van der Waals surface area contributed by atoms with Gasteiger partial charge in [-0.1, -0.05) is 6.07 Å². The van der Waals surface area contributed by atoms with Crippen molar-refractivity contribution in [1.29, 1.82) is 0 Å². The fraction of sp³-hybridized carbons (Fsp3) is 0. The maximum absolute atomic E-state index is 13.2.